The first-order valence-electron chi connectivity index (χ1n) is 7.55. The van der Waals surface area contributed by atoms with Crippen molar-refractivity contribution >= 4 is 0 Å². The topological polar surface area (TPSA) is 67.6 Å². The van der Waals surface area contributed by atoms with E-state index in [4.69, 9.17) is 11.0 Å². The highest BCUT2D eigenvalue weighted by Gasteiger charge is 2.23. The summed E-state index contributed by atoms with van der Waals surface area (Å²) >= 11 is 0. The highest BCUT2D eigenvalue weighted by molar-refractivity contribution is 5.33. The van der Waals surface area contributed by atoms with Gasteiger partial charge in [0.15, 0.2) is 0 Å². The molecule has 1 aliphatic rings. The fraction of sp³-hybridized carbons (Fsp3) is 0.412. The Labute approximate surface area is 125 Å². The fourth-order valence-corrected chi connectivity index (χ4v) is 3.26. The third kappa shape index (κ3) is 2.84. The molecule has 0 fully saturated rings. The van der Waals surface area contributed by atoms with Crippen molar-refractivity contribution in [1.29, 1.82) is 5.26 Å². The molecule has 4 nitrogen and oxygen atoms in total. The van der Waals surface area contributed by atoms with Crippen molar-refractivity contribution < 1.29 is 0 Å². The summed E-state index contributed by atoms with van der Waals surface area (Å²) < 4.78 is 2.09. The van der Waals surface area contributed by atoms with E-state index in [-0.39, 0.29) is 0 Å². The number of fused-ring (bicyclic) bond motifs is 1. The van der Waals surface area contributed by atoms with Gasteiger partial charge in [0.05, 0.1) is 24.4 Å². The molecule has 21 heavy (non-hydrogen) atoms. The van der Waals surface area contributed by atoms with Crippen LogP contribution in [0.2, 0.25) is 0 Å². The van der Waals surface area contributed by atoms with E-state index in [2.05, 4.69) is 21.9 Å². The summed E-state index contributed by atoms with van der Waals surface area (Å²) in [5, 5.41) is 13.6. The number of hydrogen-bond acceptors (Lipinski definition) is 3. The van der Waals surface area contributed by atoms with Crippen molar-refractivity contribution in [2.24, 2.45) is 5.73 Å². The van der Waals surface area contributed by atoms with Gasteiger partial charge in [-0.25, -0.2) is 0 Å². The van der Waals surface area contributed by atoms with Gasteiger partial charge in [0.2, 0.25) is 0 Å². The van der Waals surface area contributed by atoms with Gasteiger partial charge in [-0.15, -0.1) is 0 Å². The van der Waals surface area contributed by atoms with Crippen LogP contribution in [0, 0.1) is 11.3 Å². The Kier molecular flexibility index (Phi) is 4.03. The molecule has 1 aromatic heterocycles. The zero-order valence-electron chi connectivity index (χ0n) is 12.1. The molecule has 0 radical (unpaired) electrons. The standard InChI is InChI=1S/C17H20N4/c18-8-7-15-5-2-6-17-16(15)11-20-21(17)12-14-4-1-3-13(9-14)10-19/h1,3-4,9,11,15H,2,5-8,12,18H2. The van der Waals surface area contributed by atoms with E-state index in [9.17, 15) is 0 Å². The Morgan fingerprint density at radius 1 is 1.43 bits per heavy atom. The summed E-state index contributed by atoms with van der Waals surface area (Å²) in [6.45, 7) is 1.47. The predicted octanol–water partition coefficient (Wildman–Crippen LogP) is 2.57. The van der Waals surface area contributed by atoms with Crippen molar-refractivity contribution in [3.05, 3.63) is 52.8 Å². The first-order chi connectivity index (χ1) is 10.3. The summed E-state index contributed by atoms with van der Waals surface area (Å²) in [7, 11) is 0. The molecule has 0 saturated carbocycles. The molecule has 1 aromatic carbocycles. The van der Waals surface area contributed by atoms with Crippen molar-refractivity contribution in [2.75, 3.05) is 6.54 Å². The molecule has 2 aromatic rings. The molecule has 0 saturated heterocycles. The van der Waals surface area contributed by atoms with Crippen molar-refractivity contribution in [2.45, 2.75) is 38.1 Å². The minimum absolute atomic E-state index is 0.568. The lowest BCUT2D eigenvalue weighted by Gasteiger charge is -2.22. The molecular weight excluding hydrogens is 260 g/mol. The number of rotatable bonds is 4. The molecule has 2 N–H and O–H groups in total. The molecule has 1 unspecified atom stereocenters. The summed E-state index contributed by atoms with van der Waals surface area (Å²) in [4.78, 5) is 0. The monoisotopic (exact) mass is 280 g/mol. The van der Waals surface area contributed by atoms with Crippen LogP contribution < -0.4 is 5.73 Å². The van der Waals surface area contributed by atoms with Gasteiger partial charge in [-0.1, -0.05) is 12.1 Å². The maximum atomic E-state index is 8.99. The second-order valence-corrected chi connectivity index (χ2v) is 5.68. The average Bonchev–Trinajstić information content (AvgIpc) is 2.92. The Bertz CT molecular complexity index is 666. The number of benzene rings is 1. The Morgan fingerprint density at radius 3 is 3.14 bits per heavy atom. The van der Waals surface area contributed by atoms with Crippen molar-refractivity contribution in [1.82, 2.24) is 9.78 Å². The van der Waals surface area contributed by atoms with Crippen LogP contribution in [0.4, 0.5) is 0 Å². The SMILES string of the molecule is N#Cc1cccc(Cn2ncc3c2CCCC3CCN)c1. The van der Waals surface area contributed by atoms with Gasteiger partial charge >= 0.3 is 0 Å². The minimum atomic E-state index is 0.568. The van der Waals surface area contributed by atoms with E-state index in [1.807, 2.05) is 24.4 Å². The van der Waals surface area contributed by atoms with E-state index >= 15 is 0 Å². The first-order valence-corrected chi connectivity index (χ1v) is 7.55. The second kappa shape index (κ2) is 6.11. The van der Waals surface area contributed by atoms with Crippen LogP contribution in [0.3, 0.4) is 0 Å². The van der Waals surface area contributed by atoms with E-state index < -0.39 is 0 Å². The third-order valence-electron chi connectivity index (χ3n) is 4.29. The molecule has 3 rings (SSSR count). The molecule has 0 amide bonds. The van der Waals surface area contributed by atoms with Gasteiger partial charge in [-0.05, 0) is 61.4 Å². The van der Waals surface area contributed by atoms with E-state index in [0.29, 0.717) is 11.5 Å². The summed E-state index contributed by atoms with van der Waals surface area (Å²) in [5.74, 6) is 0.568. The average molecular weight is 280 g/mol. The lowest BCUT2D eigenvalue weighted by molar-refractivity contribution is 0.506. The lowest BCUT2D eigenvalue weighted by atomic mass is 9.85. The van der Waals surface area contributed by atoms with Crippen LogP contribution in [0.1, 0.15) is 47.6 Å². The van der Waals surface area contributed by atoms with Crippen molar-refractivity contribution in [3.8, 4) is 6.07 Å². The first kappa shape index (κ1) is 13.8. The molecule has 1 atom stereocenters. The number of nitrogens with two attached hydrogens (primary N) is 1. The van der Waals surface area contributed by atoms with Crippen LogP contribution in [0.15, 0.2) is 30.5 Å². The Morgan fingerprint density at radius 2 is 2.33 bits per heavy atom. The normalized spacial score (nSPS) is 17.2. The van der Waals surface area contributed by atoms with Gasteiger partial charge in [0.1, 0.15) is 0 Å². The maximum absolute atomic E-state index is 8.99. The lowest BCUT2D eigenvalue weighted by Crippen LogP contribution is -2.16. The number of hydrogen-bond donors (Lipinski definition) is 1. The van der Waals surface area contributed by atoms with E-state index in [0.717, 1.165) is 31.5 Å². The second-order valence-electron chi connectivity index (χ2n) is 5.68. The quantitative estimate of drug-likeness (QED) is 0.936. The van der Waals surface area contributed by atoms with Gasteiger partial charge in [0, 0.05) is 5.69 Å². The smallest absolute Gasteiger partial charge is 0.0991 e. The minimum Gasteiger partial charge on any atom is -0.330 e. The van der Waals surface area contributed by atoms with Crippen molar-refractivity contribution in [3.63, 3.8) is 0 Å². The molecular formula is C17H20N4. The predicted molar refractivity (Wildman–Crippen MR) is 81.8 cm³/mol. The summed E-state index contributed by atoms with van der Waals surface area (Å²) in [6, 6.07) is 9.94. The molecule has 1 aliphatic carbocycles. The van der Waals surface area contributed by atoms with Gasteiger partial charge in [-0.2, -0.15) is 10.4 Å². The summed E-state index contributed by atoms with van der Waals surface area (Å²) in [5.41, 5.74) is 10.3. The van der Waals surface area contributed by atoms with Crippen LogP contribution in [0.5, 0.6) is 0 Å². The van der Waals surface area contributed by atoms with Crippen LogP contribution in [-0.4, -0.2) is 16.3 Å². The third-order valence-corrected chi connectivity index (χ3v) is 4.29. The van der Waals surface area contributed by atoms with E-state index in [1.165, 1.54) is 24.1 Å². The van der Waals surface area contributed by atoms with Crippen LogP contribution in [0.25, 0.3) is 0 Å². The Hall–Kier alpha value is -2.12. The zero-order valence-corrected chi connectivity index (χ0v) is 12.1. The van der Waals surface area contributed by atoms with Crippen LogP contribution >= 0.6 is 0 Å². The van der Waals surface area contributed by atoms with Gasteiger partial charge < -0.3 is 5.73 Å². The number of nitriles is 1. The van der Waals surface area contributed by atoms with Gasteiger partial charge in [0.25, 0.3) is 0 Å². The molecule has 0 aliphatic heterocycles. The molecule has 0 spiro atoms. The Balaban J connectivity index is 1.85. The largest absolute Gasteiger partial charge is 0.330 e. The molecule has 4 heteroatoms. The van der Waals surface area contributed by atoms with Gasteiger partial charge in [-0.3, -0.25) is 4.68 Å². The summed E-state index contributed by atoms with van der Waals surface area (Å²) in [6.07, 6.45) is 6.58. The molecule has 108 valence electrons. The van der Waals surface area contributed by atoms with E-state index in [1.54, 1.807) is 0 Å². The van der Waals surface area contributed by atoms with Crippen LogP contribution in [-0.2, 0) is 13.0 Å². The highest BCUT2D eigenvalue weighted by Crippen LogP contribution is 2.33. The molecule has 0 bridgehead atoms. The highest BCUT2D eigenvalue weighted by atomic mass is 15.3. The zero-order chi connectivity index (χ0) is 14.7. The maximum Gasteiger partial charge on any atom is 0.0991 e. The number of aromatic nitrogens is 2. The number of nitrogens with zero attached hydrogens (tertiary/aromatic N) is 3. The fourth-order valence-electron chi connectivity index (χ4n) is 3.26. The molecule has 1 heterocycles.